The summed E-state index contributed by atoms with van der Waals surface area (Å²) in [4.78, 5) is 15.1. The van der Waals surface area contributed by atoms with Crippen molar-refractivity contribution < 1.29 is 17.6 Å². The molecule has 0 aliphatic carbocycles. The smallest absolute Gasteiger partial charge is 0.254 e. The van der Waals surface area contributed by atoms with Crippen LogP contribution in [0.15, 0.2) is 53.4 Å². The SMILES string of the molecule is O=C(c1ccc(S(=O)(=O)N2CCCC2)cc1)N1CCCC1Cc1cccc(F)c1. The molecule has 1 atom stereocenters. The van der Waals surface area contributed by atoms with Gasteiger partial charge in [0.25, 0.3) is 5.91 Å². The van der Waals surface area contributed by atoms with Gasteiger partial charge < -0.3 is 4.90 Å². The molecular formula is C22H25FN2O3S. The summed E-state index contributed by atoms with van der Waals surface area (Å²) in [6, 6.07) is 12.8. The molecule has 2 saturated heterocycles. The second-order valence-corrected chi connectivity index (χ2v) is 9.70. The third kappa shape index (κ3) is 4.21. The Morgan fingerprint density at radius 1 is 1.00 bits per heavy atom. The summed E-state index contributed by atoms with van der Waals surface area (Å²) in [5.74, 6) is -0.373. The molecule has 2 fully saturated rings. The molecule has 5 nitrogen and oxygen atoms in total. The van der Waals surface area contributed by atoms with Gasteiger partial charge in [-0.05, 0) is 74.1 Å². The molecule has 2 aliphatic heterocycles. The summed E-state index contributed by atoms with van der Waals surface area (Å²) < 4.78 is 40.3. The number of carbonyl (C=O) groups is 1. The Bertz CT molecular complexity index is 985. The largest absolute Gasteiger partial charge is 0.335 e. The van der Waals surface area contributed by atoms with Gasteiger partial charge in [-0.2, -0.15) is 4.31 Å². The Morgan fingerprint density at radius 3 is 2.41 bits per heavy atom. The van der Waals surface area contributed by atoms with Crippen molar-refractivity contribution in [3.63, 3.8) is 0 Å². The second kappa shape index (κ2) is 8.24. The van der Waals surface area contributed by atoms with Crippen molar-refractivity contribution >= 4 is 15.9 Å². The monoisotopic (exact) mass is 416 g/mol. The number of hydrogen-bond donors (Lipinski definition) is 0. The topological polar surface area (TPSA) is 57.7 Å². The number of halogens is 1. The number of sulfonamides is 1. The van der Waals surface area contributed by atoms with E-state index in [4.69, 9.17) is 0 Å². The highest BCUT2D eigenvalue weighted by Gasteiger charge is 2.31. The van der Waals surface area contributed by atoms with Crippen molar-refractivity contribution in [3.8, 4) is 0 Å². The van der Waals surface area contributed by atoms with Gasteiger partial charge in [-0.25, -0.2) is 12.8 Å². The van der Waals surface area contributed by atoms with Gasteiger partial charge in [0.2, 0.25) is 10.0 Å². The normalized spacial score (nSPS) is 20.3. The number of benzene rings is 2. The molecule has 0 N–H and O–H groups in total. The molecule has 0 saturated carbocycles. The van der Waals surface area contributed by atoms with Crippen LogP contribution in [-0.4, -0.2) is 49.2 Å². The lowest BCUT2D eigenvalue weighted by atomic mass is 10.0. The Labute approximate surface area is 171 Å². The molecule has 0 spiro atoms. The van der Waals surface area contributed by atoms with Gasteiger partial charge >= 0.3 is 0 Å². The third-order valence-corrected chi connectivity index (χ3v) is 7.72. The minimum absolute atomic E-state index is 0.0253. The molecule has 2 aromatic carbocycles. The molecule has 4 rings (SSSR count). The van der Waals surface area contributed by atoms with E-state index >= 15 is 0 Å². The maximum Gasteiger partial charge on any atom is 0.254 e. The summed E-state index contributed by atoms with van der Waals surface area (Å²) in [5, 5.41) is 0. The summed E-state index contributed by atoms with van der Waals surface area (Å²) in [5.41, 5.74) is 1.36. The molecule has 0 bridgehead atoms. The predicted octanol–water partition coefficient (Wildman–Crippen LogP) is 3.46. The van der Waals surface area contributed by atoms with Gasteiger partial charge in [0, 0.05) is 31.2 Å². The van der Waals surface area contributed by atoms with Gasteiger partial charge in [0.1, 0.15) is 5.82 Å². The van der Waals surface area contributed by atoms with E-state index in [0.717, 1.165) is 31.2 Å². The Balaban J connectivity index is 1.48. The number of carbonyl (C=O) groups excluding carboxylic acids is 1. The van der Waals surface area contributed by atoms with E-state index in [1.165, 1.54) is 28.6 Å². The Kier molecular flexibility index (Phi) is 5.69. The van der Waals surface area contributed by atoms with E-state index in [1.807, 2.05) is 11.0 Å². The van der Waals surface area contributed by atoms with Crippen LogP contribution in [0.4, 0.5) is 4.39 Å². The van der Waals surface area contributed by atoms with E-state index in [2.05, 4.69) is 0 Å². The first-order valence-electron chi connectivity index (χ1n) is 10.1. The standard InChI is InChI=1S/C22H25FN2O3S/c23-19-6-3-5-17(15-19)16-20-7-4-14-25(20)22(26)18-8-10-21(11-9-18)29(27,28)24-12-1-2-13-24/h3,5-6,8-11,15,20H,1-2,4,7,12-14,16H2. The summed E-state index contributed by atoms with van der Waals surface area (Å²) in [7, 11) is -3.48. The Morgan fingerprint density at radius 2 is 1.72 bits per heavy atom. The quantitative estimate of drug-likeness (QED) is 0.750. The fourth-order valence-corrected chi connectivity index (χ4v) is 5.78. The van der Waals surface area contributed by atoms with Crippen LogP contribution in [0.2, 0.25) is 0 Å². The lowest BCUT2D eigenvalue weighted by Gasteiger charge is -2.25. The average Bonchev–Trinajstić information content (AvgIpc) is 3.40. The van der Waals surface area contributed by atoms with E-state index in [-0.39, 0.29) is 22.7 Å². The van der Waals surface area contributed by atoms with Crippen LogP contribution in [-0.2, 0) is 16.4 Å². The van der Waals surface area contributed by atoms with Gasteiger partial charge in [0.15, 0.2) is 0 Å². The van der Waals surface area contributed by atoms with E-state index in [1.54, 1.807) is 18.2 Å². The lowest BCUT2D eigenvalue weighted by molar-refractivity contribution is 0.0736. The van der Waals surface area contributed by atoms with Crippen molar-refractivity contribution in [1.29, 1.82) is 0 Å². The van der Waals surface area contributed by atoms with Crippen molar-refractivity contribution in [3.05, 3.63) is 65.5 Å². The molecule has 0 aromatic heterocycles. The molecule has 7 heteroatoms. The van der Waals surface area contributed by atoms with Crippen molar-refractivity contribution in [2.45, 2.75) is 43.0 Å². The molecular weight excluding hydrogens is 391 g/mol. The zero-order chi connectivity index (χ0) is 20.4. The first-order chi connectivity index (χ1) is 13.9. The maximum absolute atomic E-state index is 13.5. The van der Waals surface area contributed by atoms with Crippen molar-refractivity contribution in [2.24, 2.45) is 0 Å². The predicted molar refractivity (Wildman–Crippen MR) is 109 cm³/mol. The van der Waals surface area contributed by atoms with Crippen molar-refractivity contribution in [1.82, 2.24) is 9.21 Å². The maximum atomic E-state index is 13.5. The molecule has 1 unspecified atom stereocenters. The minimum atomic E-state index is -3.48. The fourth-order valence-electron chi connectivity index (χ4n) is 4.26. The van der Waals surface area contributed by atoms with Crippen LogP contribution in [0.1, 0.15) is 41.6 Å². The molecule has 2 heterocycles. The molecule has 1 amide bonds. The highest BCUT2D eigenvalue weighted by Crippen LogP contribution is 2.25. The number of nitrogens with zero attached hydrogens (tertiary/aromatic N) is 2. The minimum Gasteiger partial charge on any atom is -0.335 e. The first-order valence-corrected chi connectivity index (χ1v) is 11.5. The van der Waals surface area contributed by atoms with Crippen LogP contribution in [0, 0.1) is 5.82 Å². The summed E-state index contributed by atoms with van der Waals surface area (Å²) in [6.07, 6.45) is 4.18. The van der Waals surface area contributed by atoms with Crippen LogP contribution >= 0.6 is 0 Å². The number of amides is 1. The molecule has 2 aliphatic rings. The van der Waals surface area contributed by atoms with E-state index in [9.17, 15) is 17.6 Å². The number of hydrogen-bond acceptors (Lipinski definition) is 3. The first kappa shape index (κ1) is 20.0. The number of rotatable bonds is 5. The van der Waals surface area contributed by atoms with E-state index in [0.29, 0.717) is 31.6 Å². The summed E-state index contributed by atoms with van der Waals surface area (Å²) >= 11 is 0. The van der Waals surface area contributed by atoms with Crippen LogP contribution in [0.3, 0.4) is 0 Å². The average molecular weight is 417 g/mol. The highest BCUT2D eigenvalue weighted by molar-refractivity contribution is 7.89. The highest BCUT2D eigenvalue weighted by atomic mass is 32.2. The Hall–Kier alpha value is -2.25. The second-order valence-electron chi connectivity index (χ2n) is 7.76. The van der Waals surface area contributed by atoms with Gasteiger partial charge in [0.05, 0.1) is 4.90 Å². The lowest BCUT2D eigenvalue weighted by Crippen LogP contribution is -2.36. The fraction of sp³-hybridized carbons (Fsp3) is 0.409. The van der Waals surface area contributed by atoms with Crippen LogP contribution in [0.25, 0.3) is 0 Å². The molecule has 0 radical (unpaired) electrons. The molecule has 154 valence electrons. The van der Waals surface area contributed by atoms with Gasteiger partial charge in [-0.1, -0.05) is 12.1 Å². The van der Waals surface area contributed by atoms with Crippen LogP contribution < -0.4 is 0 Å². The molecule has 29 heavy (non-hydrogen) atoms. The van der Waals surface area contributed by atoms with Crippen molar-refractivity contribution in [2.75, 3.05) is 19.6 Å². The zero-order valence-corrected chi connectivity index (χ0v) is 17.1. The number of likely N-dealkylation sites (tertiary alicyclic amines) is 1. The third-order valence-electron chi connectivity index (χ3n) is 5.80. The van der Waals surface area contributed by atoms with Gasteiger partial charge in [-0.3, -0.25) is 4.79 Å². The zero-order valence-electron chi connectivity index (χ0n) is 16.3. The summed E-state index contributed by atoms with van der Waals surface area (Å²) in [6.45, 7) is 1.77. The molecule has 2 aromatic rings. The van der Waals surface area contributed by atoms with Crippen LogP contribution in [0.5, 0.6) is 0 Å². The van der Waals surface area contributed by atoms with Gasteiger partial charge in [-0.15, -0.1) is 0 Å². The van der Waals surface area contributed by atoms with E-state index < -0.39 is 10.0 Å².